The Labute approximate surface area is 116 Å². The van der Waals surface area contributed by atoms with Gasteiger partial charge in [-0.2, -0.15) is 13.2 Å². The fourth-order valence-corrected chi connectivity index (χ4v) is 1.87. The zero-order chi connectivity index (χ0) is 15.5. The molecule has 0 spiro atoms. The largest absolute Gasteiger partial charge is 0.433 e. The highest BCUT2D eigenvalue weighted by molar-refractivity contribution is 5.31. The Morgan fingerprint density at radius 1 is 1.20 bits per heavy atom. The number of nitrogens with one attached hydrogen (secondary N) is 1. The molecule has 4 nitrogen and oxygen atoms in total. The molecule has 0 atom stereocenters. The van der Waals surface area contributed by atoms with Gasteiger partial charge in [-0.15, -0.1) is 0 Å². The van der Waals surface area contributed by atoms with E-state index in [1.807, 2.05) is 27.7 Å². The molecule has 1 N–H and O–H groups in total. The summed E-state index contributed by atoms with van der Waals surface area (Å²) in [5, 5.41) is 0. The van der Waals surface area contributed by atoms with Crippen LogP contribution in [0.1, 0.15) is 33.4 Å². The lowest BCUT2D eigenvalue weighted by Gasteiger charge is -2.27. The minimum Gasteiger partial charge on any atom is -0.342 e. The zero-order valence-corrected chi connectivity index (χ0v) is 12.1. The molecule has 0 aliphatic rings. The van der Waals surface area contributed by atoms with Gasteiger partial charge in [-0.3, -0.25) is 9.78 Å². The van der Waals surface area contributed by atoms with Crippen molar-refractivity contribution < 1.29 is 13.2 Å². The summed E-state index contributed by atoms with van der Waals surface area (Å²) in [5.74, 6) is 0.467. The van der Waals surface area contributed by atoms with Crippen LogP contribution in [0.2, 0.25) is 0 Å². The fourth-order valence-electron chi connectivity index (χ4n) is 1.87. The first-order chi connectivity index (χ1) is 9.09. The third-order valence-corrected chi connectivity index (χ3v) is 2.49. The van der Waals surface area contributed by atoms with Gasteiger partial charge in [-0.1, -0.05) is 27.7 Å². The molecular formula is C13H20F3N3O. The molecule has 0 aliphatic heterocycles. The number of aromatic amines is 1. The number of aromatic nitrogens is 2. The highest BCUT2D eigenvalue weighted by Gasteiger charge is 2.34. The van der Waals surface area contributed by atoms with Gasteiger partial charge in [0.15, 0.2) is 5.69 Å². The molecule has 7 heteroatoms. The average Bonchev–Trinajstić information content (AvgIpc) is 2.24. The lowest BCUT2D eigenvalue weighted by molar-refractivity contribution is -0.141. The first kappa shape index (κ1) is 16.5. The molecule has 1 rings (SSSR count). The Morgan fingerprint density at radius 2 is 1.70 bits per heavy atom. The number of rotatable bonds is 5. The second-order valence-corrected chi connectivity index (χ2v) is 5.64. The van der Waals surface area contributed by atoms with Crippen LogP contribution in [-0.2, 0) is 6.18 Å². The van der Waals surface area contributed by atoms with Crippen molar-refractivity contribution in [3.8, 4) is 0 Å². The molecule has 0 fully saturated rings. The van der Waals surface area contributed by atoms with Gasteiger partial charge in [0.25, 0.3) is 5.56 Å². The smallest absolute Gasteiger partial charge is 0.342 e. The molecule has 0 saturated carbocycles. The monoisotopic (exact) mass is 291 g/mol. The molecule has 0 saturated heterocycles. The van der Waals surface area contributed by atoms with E-state index >= 15 is 0 Å². The summed E-state index contributed by atoms with van der Waals surface area (Å²) in [7, 11) is 0. The van der Waals surface area contributed by atoms with Crippen molar-refractivity contribution in [2.75, 3.05) is 18.0 Å². The molecule has 114 valence electrons. The van der Waals surface area contributed by atoms with Gasteiger partial charge < -0.3 is 4.90 Å². The number of anilines is 1. The van der Waals surface area contributed by atoms with E-state index in [-0.39, 0.29) is 17.8 Å². The molecule has 1 aromatic rings. The number of alkyl halides is 3. The van der Waals surface area contributed by atoms with Crippen LogP contribution in [0.25, 0.3) is 0 Å². The van der Waals surface area contributed by atoms with Crippen LogP contribution >= 0.6 is 0 Å². The lowest BCUT2D eigenvalue weighted by Crippen LogP contribution is -2.34. The van der Waals surface area contributed by atoms with Gasteiger partial charge in [-0.05, 0) is 11.8 Å². The average molecular weight is 291 g/mol. The molecule has 1 aromatic heterocycles. The Kier molecular flexibility index (Phi) is 5.19. The molecule has 0 bridgehead atoms. The van der Waals surface area contributed by atoms with Gasteiger partial charge in [0.2, 0.25) is 5.95 Å². The summed E-state index contributed by atoms with van der Waals surface area (Å²) >= 11 is 0. The highest BCUT2D eigenvalue weighted by Crippen LogP contribution is 2.27. The summed E-state index contributed by atoms with van der Waals surface area (Å²) in [5.41, 5.74) is -1.95. The number of hydrogen-bond acceptors (Lipinski definition) is 3. The van der Waals surface area contributed by atoms with Crippen molar-refractivity contribution in [1.82, 2.24) is 9.97 Å². The van der Waals surface area contributed by atoms with E-state index in [0.29, 0.717) is 19.2 Å². The van der Waals surface area contributed by atoms with Crippen LogP contribution in [-0.4, -0.2) is 23.1 Å². The SMILES string of the molecule is CC(C)CN(CC(C)C)c1nc(C(F)(F)F)cc(=O)[nH]1. The summed E-state index contributed by atoms with van der Waals surface area (Å²) < 4.78 is 38.1. The number of halogens is 3. The van der Waals surface area contributed by atoms with Gasteiger partial charge >= 0.3 is 6.18 Å². The second-order valence-electron chi connectivity index (χ2n) is 5.64. The van der Waals surface area contributed by atoms with Crippen molar-refractivity contribution in [2.45, 2.75) is 33.9 Å². The lowest BCUT2D eigenvalue weighted by atomic mass is 10.1. The van der Waals surface area contributed by atoms with Crippen LogP contribution in [0.15, 0.2) is 10.9 Å². The molecule has 0 radical (unpaired) electrons. The van der Waals surface area contributed by atoms with Crippen molar-refractivity contribution >= 4 is 5.95 Å². The molecule has 0 aliphatic carbocycles. The van der Waals surface area contributed by atoms with E-state index in [0.717, 1.165) is 0 Å². The summed E-state index contributed by atoms with van der Waals surface area (Å²) in [6.45, 7) is 8.89. The molecular weight excluding hydrogens is 271 g/mol. The maximum Gasteiger partial charge on any atom is 0.433 e. The number of H-pyrrole nitrogens is 1. The third-order valence-electron chi connectivity index (χ3n) is 2.49. The van der Waals surface area contributed by atoms with Crippen molar-refractivity contribution in [3.63, 3.8) is 0 Å². The standard InChI is InChI=1S/C13H20F3N3O/c1-8(2)6-19(7-9(3)4)12-17-10(13(14,15)16)5-11(20)18-12/h5,8-9H,6-7H2,1-4H3,(H,17,18,20). The van der Waals surface area contributed by atoms with Gasteiger partial charge in [0.1, 0.15) is 0 Å². The minimum atomic E-state index is -4.62. The van der Waals surface area contributed by atoms with E-state index in [1.165, 1.54) is 0 Å². The molecule has 1 heterocycles. The quantitative estimate of drug-likeness (QED) is 0.907. The summed E-state index contributed by atoms with van der Waals surface area (Å²) in [6.07, 6.45) is -4.62. The van der Waals surface area contributed by atoms with Crippen LogP contribution in [0.4, 0.5) is 19.1 Å². The Hall–Kier alpha value is -1.53. The molecule has 0 aromatic carbocycles. The van der Waals surface area contributed by atoms with Gasteiger partial charge in [0.05, 0.1) is 0 Å². The maximum atomic E-state index is 12.7. The summed E-state index contributed by atoms with van der Waals surface area (Å²) in [6, 6.07) is 0.479. The second kappa shape index (κ2) is 6.28. The van der Waals surface area contributed by atoms with Crippen molar-refractivity contribution in [1.29, 1.82) is 0 Å². The van der Waals surface area contributed by atoms with Crippen molar-refractivity contribution in [3.05, 3.63) is 22.1 Å². The summed E-state index contributed by atoms with van der Waals surface area (Å²) in [4.78, 5) is 19.0. The van der Waals surface area contributed by atoms with E-state index in [2.05, 4.69) is 9.97 Å². The Morgan fingerprint density at radius 3 is 2.10 bits per heavy atom. The van der Waals surface area contributed by atoms with Gasteiger partial charge in [-0.25, -0.2) is 4.98 Å². The normalized spacial score (nSPS) is 12.2. The van der Waals surface area contributed by atoms with Crippen LogP contribution in [0.3, 0.4) is 0 Å². The minimum absolute atomic E-state index is 0.0211. The number of hydrogen-bond donors (Lipinski definition) is 1. The molecule has 0 unspecified atom stereocenters. The first-order valence-electron chi connectivity index (χ1n) is 6.53. The third kappa shape index (κ3) is 4.86. The van der Waals surface area contributed by atoms with Crippen LogP contribution in [0, 0.1) is 11.8 Å². The number of nitrogens with zero attached hydrogens (tertiary/aromatic N) is 2. The fraction of sp³-hybridized carbons (Fsp3) is 0.692. The van der Waals surface area contributed by atoms with E-state index in [1.54, 1.807) is 4.90 Å². The first-order valence-corrected chi connectivity index (χ1v) is 6.53. The van der Waals surface area contributed by atoms with Crippen LogP contribution in [0.5, 0.6) is 0 Å². The predicted molar refractivity (Wildman–Crippen MR) is 71.7 cm³/mol. The van der Waals surface area contributed by atoms with E-state index in [4.69, 9.17) is 0 Å². The van der Waals surface area contributed by atoms with E-state index in [9.17, 15) is 18.0 Å². The molecule has 0 amide bonds. The zero-order valence-electron chi connectivity index (χ0n) is 12.1. The topological polar surface area (TPSA) is 49.0 Å². The van der Waals surface area contributed by atoms with Crippen LogP contribution < -0.4 is 10.5 Å². The molecule has 20 heavy (non-hydrogen) atoms. The Balaban J connectivity index is 3.19. The van der Waals surface area contributed by atoms with E-state index < -0.39 is 17.4 Å². The highest BCUT2D eigenvalue weighted by atomic mass is 19.4. The van der Waals surface area contributed by atoms with Crippen molar-refractivity contribution in [2.24, 2.45) is 11.8 Å². The Bertz CT molecular complexity index is 484. The predicted octanol–water partition coefficient (Wildman–Crippen LogP) is 2.91. The maximum absolute atomic E-state index is 12.7. The van der Waals surface area contributed by atoms with Gasteiger partial charge in [0, 0.05) is 19.2 Å².